The number of hydrogen-bond acceptors (Lipinski definition) is 3. The Morgan fingerprint density at radius 1 is 0.957 bits per heavy atom. The Morgan fingerprint density at radius 2 is 1.52 bits per heavy atom. The maximum Gasteiger partial charge on any atom is 0.333 e. The molecule has 1 unspecified atom stereocenters. The van der Waals surface area contributed by atoms with Crippen LogP contribution in [0.1, 0.15) is 90.4 Å². The van der Waals surface area contributed by atoms with Gasteiger partial charge in [0.25, 0.3) is 0 Å². The average Bonchev–Trinajstić information content (AvgIpc) is 2.85. The van der Waals surface area contributed by atoms with Crippen molar-refractivity contribution in [1.29, 1.82) is 0 Å². The summed E-state index contributed by atoms with van der Waals surface area (Å²) < 4.78 is 4.66. The summed E-state index contributed by atoms with van der Waals surface area (Å²) in [4.78, 5) is 10.9. The predicted molar refractivity (Wildman–Crippen MR) is 95.0 cm³/mol. The molecule has 23 heavy (non-hydrogen) atoms. The van der Waals surface area contributed by atoms with Crippen LogP contribution in [0.2, 0.25) is 0 Å². The molecule has 3 nitrogen and oxygen atoms in total. The number of aliphatic hydroxyl groups is 1. The van der Waals surface area contributed by atoms with Gasteiger partial charge in [0.1, 0.15) is 0 Å². The smallest absolute Gasteiger partial charge is 0.333 e. The van der Waals surface area contributed by atoms with Gasteiger partial charge >= 0.3 is 5.97 Å². The van der Waals surface area contributed by atoms with Crippen molar-refractivity contribution in [2.45, 2.75) is 96.7 Å². The summed E-state index contributed by atoms with van der Waals surface area (Å²) in [5.74, 6) is -0.411. The first-order valence-corrected chi connectivity index (χ1v) is 9.48. The maximum atomic E-state index is 10.9. The normalized spacial score (nSPS) is 17.7. The number of carbonyl (C=O) groups excluding carboxylic acids is 1. The summed E-state index contributed by atoms with van der Waals surface area (Å²) in [7, 11) is 0. The zero-order valence-electron chi connectivity index (χ0n) is 14.8. The van der Waals surface area contributed by atoms with Gasteiger partial charge in [0.15, 0.2) is 0 Å². The van der Waals surface area contributed by atoms with Crippen molar-refractivity contribution in [2.24, 2.45) is 0 Å². The van der Waals surface area contributed by atoms with E-state index < -0.39 is 12.3 Å². The summed E-state index contributed by atoms with van der Waals surface area (Å²) in [6.07, 6.45) is 21.0. The second kappa shape index (κ2) is 13.4. The van der Waals surface area contributed by atoms with Crippen LogP contribution in [-0.2, 0) is 9.53 Å². The largest absolute Gasteiger partial charge is 0.429 e. The van der Waals surface area contributed by atoms with Gasteiger partial charge in [0.05, 0.1) is 0 Å². The lowest BCUT2D eigenvalue weighted by Gasteiger charge is -2.06. The number of rotatable bonds is 14. The van der Waals surface area contributed by atoms with Crippen molar-refractivity contribution >= 4 is 5.97 Å². The summed E-state index contributed by atoms with van der Waals surface area (Å²) in [5.41, 5.74) is 0.735. The molecule has 1 N–H and O–H groups in total. The molecule has 0 amide bonds. The maximum absolute atomic E-state index is 10.9. The molecule has 0 saturated carbocycles. The van der Waals surface area contributed by atoms with E-state index in [2.05, 4.69) is 23.8 Å². The van der Waals surface area contributed by atoms with Gasteiger partial charge in [-0.05, 0) is 38.5 Å². The lowest BCUT2D eigenvalue weighted by molar-refractivity contribution is -0.151. The second-order valence-corrected chi connectivity index (χ2v) is 6.49. The molecule has 1 rings (SSSR count). The van der Waals surface area contributed by atoms with Gasteiger partial charge in [-0.15, -0.1) is 0 Å². The molecule has 0 spiro atoms. The van der Waals surface area contributed by atoms with Crippen LogP contribution in [0.5, 0.6) is 0 Å². The quantitative estimate of drug-likeness (QED) is 0.263. The van der Waals surface area contributed by atoms with Crippen LogP contribution in [0.15, 0.2) is 23.8 Å². The first-order valence-electron chi connectivity index (χ1n) is 9.48. The number of esters is 1. The summed E-state index contributed by atoms with van der Waals surface area (Å²) in [6, 6.07) is 0. The number of hydrogen-bond donors (Lipinski definition) is 1. The second-order valence-electron chi connectivity index (χ2n) is 6.49. The highest BCUT2D eigenvalue weighted by atomic mass is 16.6. The van der Waals surface area contributed by atoms with Crippen molar-refractivity contribution in [2.75, 3.05) is 0 Å². The first kappa shape index (κ1) is 20.0. The highest BCUT2D eigenvalue weighted by Gasteiger charge is 2.22. The molecule has 0 fully saturated rings. The van der Waals surface area contributed by atoms with E-state index in [0.717, 1.165) is 24.8 Å². The molecule has 0 radical (unpaired) electrons. The number of carbonyl (C=O) groups is 1. The van der Waals surface area contributed by atoms with E-state index in [1.165, 1.54) is 70.3 Å². The van der Waals surface area contributed by atoms with Gasteiger partial charge in [-0.25, -0.2) is 4.79 Å². The van der Waals surface area contributed by atoms with E-state index in [1.54, 1.807) is 0 Å². The highest BCUT2D eigenvalue weighted by Crippen LogP contribution is 2.20. The van der Waals surface area contributed by atoms with Gasteiger partial charge in [0.2, 0.25) is 6.29 Å². The van der Waals surface area contributed by atoms with Crippen molar-refractivity contribution in [3.63, 3.8) is 0 Å². The van der Waals surface area contributed by atoms with Crippen LogP contribution >= 0.6 is 0 Å². The molecular weight excluding hydrogens is 288 g/mol. The molecule has 0 aliphatic carbocycles. The topological polar surface area (TPSA) is 46.5 Å². The molecule has 1 aliphatic heterocycles. The fourth-order valence-electron chi connectivity index (χ4n) is 2.86. The van der Waals surface area contributed by atoms with Gasteiger partial charge in [-0.1, -0.05) is 64.0 Å². The van der Waals surface area contributed by atoms with Crippen LogP contribution < -0.4 is 0 Å². The van der Waals surface area contributed by atoms with E-state index in [-0.39, 0.29) is 0 Å². The zero-order chi connectivity index (χ0) is 16.8. The summed E-state index contributed by atoms with van der Waals surface area (Å²) in [6.45, 7) is 2.25. The molecule has 0 saturated heterocycles. The standard InChI is InChI=1S/C20H34O3/c1-2-3-4-5-6-7-8-9-10-11-12-13-14-15-16-18-17-19(21)23-20(18)22/h7-8,17,20,22H,2-6,9-16H2,1H3/b8-7-. The Morgan fingerprint density at radius 3 is 2.09 bits per heavy atom. The lowest BCUT2D eigenvalue weighted by atomic mass is 10.0. The molecule has 0 aromatic heterocycles. The number of allylic oxidation sites excluding steroid dienone is 2. The van der Waals surface area contributed by atoms with Crippen molar-refractivity contribution in [1.82, 2.24) is 0 Å². The number of unbranched alkanes of at least 4 members (excludes halogenated alkanes) is 10. The van der Waals surface area contributed by atoms with Crippen molar-refractivity contribution < 1.29 is 14.6 Å². The molecule has 1 heterocycles. The van der Waals surface area contributed by atoms with Crippen LogP contribution in [0.25, 0.3) is 0 Å². The van der Waals surface area contributed by atoms with E-state index in [0.29, 0.717) is 0 Å². The minimum Gasteiger partial charge on any atom is -0.429 e. The lowest BCUT2D eigenvalue weighted by Crippen LogP contribution is -2.09. The van der Waals surface area contributed by atoms with Gasteiger partial charge in [0, 0.05) is 11.6 Å². The van der Waals surface area contributed by atoms with Crippen LogP contribution in [0, 0.1) is 0 Å². The SMILES string of the molecule is CCCCCC/C=C\CCCCCCCCC1=CC(=O)OC1O. The third-order valence-electron chi connectivity index (χ3n) is 4.33. The zero-order valence-corrected chi connectivity index (χ0v) is 14.8. The fraction of sp³-hybridized carbons (Fsp3) is 0.750. The Labute approximate surface area is 141 Å². The number of ether oxygens (including phenoxy) is 1. The Bertz CT molecular complexity index is 371. The Balaban J connectivity index is 1.82. The van der Waals surface area contributed by atoms with Gasteiger partial charge in [-0.3, -0.25) is 0 Å². The summed E-state index contributed by atoms with van der Waals surface area (Å²) in [5, 5.41) is 9.45. The third kappa shape index (κ3) is 10.3. The van der Waals surface area contributed by atoms with Crippen LogP contribution in [0.4, 0.5) is 0 Å². The molecule has 0 aromatic carbocycles. The minimum absolute atomic E-state index is 0.411. The molecular formula is C20H34O3. The van der Waals surface area contributed by atoms with Crippen molar-refractivity contribution in [3.05, 3.63) is 23.8 Å². The predicted octanol–water partition coefficient (Wildman–Crippen LogP) is 5.44. The van der Waals surface area contributed by atoms with Gasteiger partial charge < -0.3 is 9.84 Å². The number of aliphatic hydroxyl groups excluding tert-OH is 1. The van der Waals surface area contributed by atoms with E-state index in [4.69, 9.17) is 0 Å². The van der Waals surface area contributed by atoms with Crippen molar-refractivity contribution in [3.8, 4) is 0 Å². The highest BCUT2D eigenvalue weighted by molar-refractivity contribution is 5.85. The van der Waals surface area contributed by atoms with E-state index in [9.17, 15) is 9.90 Å². The van der Waals surface area contributed by atoms with Crippen LogP contribution in [0.3, 0.4) is 0 Å². The molecule has 0 aromatic rings. The molecule has 1 atom stereocenters. The number of cyclic esters (lactones) is 1. The van der Waals surface area contributed by atoms with E-state index in [1.807, 2.05) is 0 Å². The fourth-order valence-corrected chi connectivity index (χ4v) is 2.86. The Hall–Kier alpha value is -1.09. The average molecular weight is 322 g/mol. The summed E-state index contributed by atoms with van der Waals surface area (Å²) >= 11 is 0. The van der Waals surface area contributed by atoms with Gasteiger partial charge in [-0.2, -0.15) is 0 Å². The van der Waals surface area contributed by atoms with E-state index >= 15 is 0 Å². The monoisotopic (exact) mass is 322 g/mol. The Kier molecular flexibility index (Phi) is 11.6. The molecule has 0 bridgehead atoms. The minimum atomic E-state index is -0.990. The molecule has 132 valence electrons. The van der Waals surface area contributed by atoms with Crippen LogP contribution in [-0.4, -0.2) is 17.4 Å². The third-order valence-corrected chi connectivity index (χ3v) is 4.33. The molecule has 1 aliphatic rings. The molecule has 3 heteroatoms. The first-order chi connectivity index (χ1) is 11.2.